The Morgan fingerprint density at radius 1 is 1.11 bits per heavy atom. The van der Waals surface area contributed by atoms with E-state index in [0.29, 0.717) is 30.4 Å². The smallest absolute Gasteiger partial charge is 0.338 e. The molecule has 0 atom stereocenters. The van der Waals surface area contributed by atoms with Gasteiger partial charge >= 0.3 is 10.6 Å². The number of nitrogens with one attached hydrogen (secondary N) is 3. The van der Waals surface area contributed by atoms with Gasteiger partial charge < -0.3 is 20.3 Å². The van der Waals surface area contributed by atoms with Crippen molar-refractivity contribution in [1.82, 2.24) is 18.9 Å². The Morgan fingerprint density at radius 3 is 2.62 bits per heavy atom. The minimum Gasteiger partial charge on any atom is -0.378 e. The van der Waals surface area contributed by atoms with Crippen LogP contribution < -0.4 is 26.1 Å². The Labute approximate surface area is 215 Å². The fraction of sp³-hybridized carbons (Fsp3) is 0.240. The quantitative estimate of drug-likeness (QED) is 0.339. The van der Waals surface area contributed by atoms with Crippen LogP contribution in [0.2, 0.25) is 0 Å². The van der Waals surface area contributed by atoms with Gasteiger partial charge in [0.2, 0.25) is 5.95 Å². The van der Waals surface area contributed by atoms with Crippen molar-refractivity contribution in [3.8, 4) is 0 Å². The third kappa shape index (κ3) is 5.93. The summed E-state index contributed by atoms with van der Waals surface area (Å²) in [6.07, 6.45) is 1.72. The number of hydrogen-bond acceptors (Lipinski definition) is 9. The van der Waals surface area contributed by atoms with Crippen LogP contribution in [0, 0.1) is 6.92 Å². The van der Waals surface area contributed by atoms with Crippen molar-refractivity contribution >= 4 is 40.6 Å². The Hall–Kier alpha value is -4.29. The minimum absolute atomic E-state index is 0.256. The SMILES string of the molecule is Cc1ccc(NC(=O)c2ccc(Cn3sc(=O)[nH]c3=O)cc2)cc1Nc1nccc(N2CCOCC2)n1. The van der Waals surface area contributed by atoms with Gasteiger partial charge in [-0.1, -0.05) is 18.2 Å². The van der Waals surface area contributed by atoms with Crippen LogP contribution in [0.1, 0.15) is 21.5 Å². The molecule has 3 heterocycles. The van der Waals surface area contributed by atoms with Gasteiger partial charge in [0, 0.05) is 47.8 Å². The van der Waals surface area contributed by atoms with E-state index in [1.807, 2.05) is 31.2 Å². The Bertz CT molecular complexity index is 1520. The van der Waals surface area contributed by atoms with E-state index < -0.39 is 10.6 Å². The molecule has 0 aliphatic carbocycles. The molecule has 0 radical (unpaired) electrons. The molecule has 37 heavy (non-hydrogen) atoms. The topological polar surface area (TPSA) is 134 Å². The first-order chi connectivity index (χ1) is 17.9. The first-order valence-corrected chi connectivity index (χ1v) is 12.5. The number of ether oxygens (including phenoxy) is 1. The first-order valence-electron chi connectivity index (χ1n) is 11.7. The molecule has 4 aromatic rings. The van der Waals surface area contributed by atoms with E-state index in [9.17, 15) is 14.4 Å². The van der Waals surface area contributed by atoms with Crippen molar-refractivity contribution in [2.45, 2.75) is 13.5 Å². The standard InChI is InChI=1S/C25H25N7O4S/c1-16-2-7-19(14-20(16)28-23-26-9-8-21(29-23)31-10-12-36-13-11-31)27-22(33)18-5-3-17(4-6-18)15-32-24(34)30-25(35)37-32/h2-9,14H,10-13,15H2,1H3,(H,27,33)(H,26,28,29)(H,30,34,35). The molecule has 0 saturated carbocycles. The van der Waals surface area contributed by atoms with Crippen molar-refractivity contribution in [2.24, 2.45) is 0 Å². The molecule has 11 nitrogen and oxygen atoms in total. The van der Waals surface area contributed by atoms with E-state index in [2.05, 4.69) is 30.5 Å². The molecule has 5 rings (SSSR count). The highest BCUT2D eigenvalue weighted by Crippen LogP contribution is 2.24. The lowest BCUT2D eigenvalue weighted by molar-refractivity contribution is 0.102. The lowest BCUT2D eigenvalue weighted by atomic mass is 10.1. The monoisotopic (exact) mass is 519 g/mol. The Morgan fingerprint density at radius 2 is 1.89 bits per heavy atom. The second-order valence-corrected chi connectivity index (χ2v) is 9.48. The summed E-state index contributed by atoms with van der Waals surface area (Å²) in [7, 11) is 0. The number of rotatable bonds is 7. The summed E-state index contributed by atoms with van der Waals surface area (Å²) < 4.78 is 6.75. The number of aryl methyl sites for hydroxylation is 1. The van der Waals surface area contributed by atoms with Crippen molar-refractivity contribution in [1.29, 1.82) is 0 Å². The molecule has 190 valence electrons. The molecular formula is C25H25N7O4S. The molecule has 1 fully saturated rings. The lowest BCUT2D eigenvalue weighted by Gasteiger charge is -2.27. The van der Waals surface area contributed by atoms with Crippen LogP contribution in [0.5, 0.6) is 0 Å². The second kappa shape index (κ2) is 10.8. The molecule has 0 unspecified atom stereocenters. The highest BCUT2D eigenvalue weighted by Gasteiger charge is 2.14. The molecular weight excluding hydrogens is 494 g/mol. The van der Waals surface area contributed by atoms with Gasteiger partial charge in [0.1, 0.15) is 5.82 Å². The molecule has 1 aliphatic heterocycles. The number of benzene rings is 2. The average molecular weight is 520 g/mol. The molecule has 1 saturated heterocycles. The Balaban J connectivity index is 1.26. The van der Waals surface area contributed by atoms with Gasteiger partial charge in [-0.3, -0.25) is 14.6 Å². The summed E-state index contributed by atoms with van der Waals surface area (Å²) in [6, 6.07) is 14.3. The number of morpholine rings is 1. The van der Waals surface area contributed by atoms with E-state index in [1.54, 1.807) is 30.5 Å². The van der Waals surface area contributed by atoms with Crippen LogP contribution in [0.3, 0.4) is 0 Å². The van der Waals surface area contributed by atoms with E-state index in [-0.39, 0.29) is 12.5 Å². The maximum absolute atomic E-state index is 12.8. The Kier molecular flexibility index (Phi) is 7.10. The van der Waals surface area contributed by atoms with E-state index in [0.717, 1.165) is 47.3 Å². The third-order valence-corrected chi connectivity index (χ3v) is 6.67. The molecule has 1 amide bonds. The fourth-order valence-corrected chi connectivity index (χ4v) is 4.56. The molecule has 3 N–H and O–H groups in total. The summed E-state index contributed by atoms with van der Waals surface area (Å²) in [5.41, 5.74) is 3.20. The number of H-pyrrole nitrogens is 1. The number of nitrogens with zero attached hydrogens (tertiary/aromatic N) is 4. The number of carbonyl (C=O) groups excluding carboxylic acids is 1. The van der Waals surface area contributed by atoms with Crippen LogP contribution >= 0.6 is 11.5 Å². The number of amides is 1. The van der Waals surface area contributed by atoms with E-state index in [1.165, 1.54) is 3.96 Å². The van der Waals surface area contributed by atoms with Crippen LogP contribution in [-0.4, -0.2) is 51.1 Å². The fourth-order valence-electron chi connectivity index (χ4n) is 3.88. The van der Waals surface area contributed by atoms with Crippen LogP contribution in [0.25, 0.3) is 0 Å². The minimum atomic E-state index is -0.446. The zero-order valence-electron chi connectivity index (χ0n) is 20.1. The number of aromatic amines is 1. The van der Waals surface area contributed by atoms with Crippen LogP contribution in [-0.2, 0) is 11.3 Å². The molecule has 0 bridgehead atoms. The number of aromatic nitrogens is 4. The summed E-state index contributed by atoms with van der Waals surface area (Å²) in [6.45, 7) is 5.13. The highest BCUT2D eigenvalue weighted by atomic mass is 32.1. The number of carbonyl (C=O) groups is 1. The van der Waals surface area contributed by atoms with Gasteiger partial charge in [-0.25, -0.2) is 13.7 Å². The van der Waals surface area contributed by atoms with Crippen molar-refractivity contribution < 1.29 is 9.53 Å². The van der Waals surface area contributed by atoms with Crippen molar-refractivity contribution in [2.75, 3.05) is 41.8 Å². The zero-order valence-corrected chi connectivity index (χ0v) is 20.9. The zero-order chi connectivity index (χ0) is 25.8. The summed E-state index contributed by atoms with van der Waals surface area (Å²) in [4.78, 5) is 48.8. The molecule has 2 aromatic heterocycles. The average Bonchev–Trinajstić information content (AvgIpc) is 3.23. The highest BCUT2D eigenvalue weighted by molar-refractivity contribution is 7.03. The summed E-state index contributed by atoms with van der Waals surface area (Å²) in [5, 5.41) is 6.17. The predicted octanol–water partition coefficient (Wildman–Crippen LogP) is 2.58. The van der Waals surface area contributed by atoms with Gasteiger partial charge in [-0.2, -0.15) is 4.98 Å². The first kappa shape index (κ1) is 24.4. The maximum Gasteiger partial charge on any atom is 0.338 e. The van der Waals surface area contributed by atoms with Crippen molar-refractivity contribution in [3.05, 3.63) is 91.6 Å². The van der Waals surface area contributed by atoms with Gasteiger partial charge in [-0.15, -0.1) is 0 Å². The summed E-state index contributed by atoms with van der Waals surface area (Å²) in [5.74, 6) is 1.04. The molecule has 12 heteroatoms. The van der Waals surface area contributed by atoms with E-state index in [4.69, 9.17) is 4.74 Å². The lowest BCUT2D eigenvalue weighted by Crippen LogP contribution is -2.36. The largest absolute Gasteiger partial charge is 0.378 e. The molecule has 0 spiro atoms. The number of hydrogen-bond donors (Lipinski definition) is 3. The summed E-state index contributed by atoms with van der Waals surface area (Å²) >= 11 is 0.824. The third-order valence-electron chi connectivity index (χ3n) is 5.89. The van der Waals surface area contributed by atoms with Crippen LogP contribution in [0.15, 0.2) is 64.3 Å². The van der Waals surface area contributed by atoms with E-state index >= 15 is 0 Å². The van der Waals surface area contributed by atoms with Gasteiger partial charge in [0.05, 0.1) is 19.8 Å². The number of anilines is 4. The van der Waals surface area contributed by atoms with Gasteiger partial charge in [-0.05, 0) is 48.4 Å². The maximum atomic E-state index is 12.8. The van der Waals surface area contributed by atoms with Crippen molar-refractivity contribution in [3.63, 3.8) is 0 Å². The predicted molar refractivity (Wildman–Crippen MR) is 142 cm³/mol. The molecule has 2 aromatic carbocycles. The molecule has 1 aliphatic rings. The van der Waals surface area contributed by atoms with Gasteiger partial charge in [0.15, 0.2) is 0 Å². The normalized spacial score (nSPS) is 13.4. The van der Waals surface area contributed by atoms with Crippen LogP contribution in [0.4, 0.5) is 23.1 Å². The van der Waals surface area contributed by atoms with Gasteiger partial charge in [0.25, 0.3) is 5.91 Å². The second-order valence-electron chi connectivity index (χ2n) is 8.49.